The molecule has 1 saturated heterocycles. The van der Waals surface area contributed by atoms with Gasteiger partial charge < -0.3 is 4.74 Å². The number of H-pyrrole nitrogens is 1. The van der Waals surface area contributed by atoms with Crippen LogP contribution in [0.15, 0.2) is 33.9 Å². The molecule has 1 aromatic carbocycles. The van der Waals surface area contributed by atoms with Crippen molar-refractivity contribution in [2.75, 3.05) is 13.2 Å². The molecule has 21 heavy (non-hydrogen) atoms. The van der Waals surface area contributed by atoms with Gasteiger partial charge in [0.05, 0.1) is 18.2 Å². The number of ether oxygens (including phenoxy) is 1. The largest absolute Gasteiger partial charge is 0.379 e. The first-order valence-corrected chi connectivity index (χ1v) is 7.15. The maximum atomic E-state index is 12.7. The molecule has 5 nitrogen and oxygen atoms in total. The van der Waals surface area contributed by atoms with Crippen molar-refractivity contribution in [2.45, 2.75) is 19.4 Å². The molecule has 1 aliphatic heterocycles. The molecule has 1 fully saturated rings. The molecule has 1 N–H and O–H groups in total. The Balaban J connectivity index is 2.21. The molecule has 0 spiro atoms. The zero-order valence-electron chi connectivity index (χ0n) is 11.6. The van der Waals surface area contributed by atoms with Crippen molar-refractivity contribution >= 4 is 11.6 Å². The van der Waals surface area contributed by atoms with Crippen molar-refractivity contribution in [3.05, 3.63) is 55.8 Å². The Bertz CT molecular complexity index is 771. The van der Waals surface area contributed by atoms with E-state index in [4.69, 9.17) is 16.3 Å². The normalized spacial score (nSPS) is 18.1. The molecule has 0 saturated carbocycles. The zero-order valence-corrected chi connectivity index (χ0v) is 12.3. The van der Waals surface area contributed by atoms with Gasteiger partial charge >= 0.3 is 5.69 Å². The average molecular weight is 307 g/mol. The highest BCUT2D eigenvalue weighted by Crippen LogP contribution is 2.23. The van der Waals surface area contributed by atoms with Gasteiger partial charge in [-0.3, -0.25) is 14.3 Å². The van der Waals surface area contributed by atoms with Gasteiger partial charge in [-0.25, -0.2) is 4.79 Å². The van der Waals surface area contributed by atoms with Crippen molar-refractivity contribution < 1.29 is 4.74 Å². The van der Waals surface area contributed by atoms with Crippen molar-refractivity contribution in [3.63, 3.8) is 0 Å². The maximum Gasteiger partial charge on any atom is 0.329 e. The minimum atomic E-state index is -0.489. The van der Waals surface area contributed by atoms with Gasteiger partial charge in [-0.1, -0.05) is 41.4 Å². The van der Waals surface area contributed by atoms with Crippen molar-refractivity contribution in [1.82, 2.24) is 9.55 Å². The fourth-order valence-electron chi connectivity index (χ4n) is 2.55. The summed E-state index contributed by atoms with van der Waals surface area (Å²) in [5.74, 6) is 0. The molecular formula is C15H15ClN2O3. The van der Waals surface area contributed by atoms with Crippen LogP contribution in [0.1, 0.15) is 18.0 Å². The first kappa shape index (κ1) is 14.1. The van der Waals surface area contributed by atoms with Gasteiger partial charge in [0, 0.05) is 6.61 Å². The monoisotopic (exact) mass is 306 g/mol. The Kier molecular flexibility index (Phi) is 3.69. The third-order valence-electron chi connectivity index (χ3n) is 3.70. The first-order chi connectivity index (χ1) is 10.1. The summed E-state index contributed by atoms with van der Waals surface area (Å²) < 4.78 is 6.48. The standard InChI is InChI=1S/C15H15ClN2O3/c1-9-2-4-10(5-3-9)12-13(16)17-15(20)18(14(12)19)11-6-7-21-8-11/h2-5,11H,6-8H2,1H3,(H,17,20). The summed E-state index contributed by atoms with van der Waals surface area (Å²) in [6.07, 6.45) is 0.651. The molecule has 0 amide bonds. The molecule has 2 heterocycles. The van der Waals surface area contributed by atoms with Crippen LogP contribution in [-0.4, -0.2) is 22.8 Å². The molecule has 1 unspecified atom stereocenters. The number of hydrogen-bond acceptors (Lipinski definition) is 3. The van der Waals surface area contributed by atoms with Crippen LogP contribution >= 0.6 is 11.6 Å². The lowest BCUT2D eigenvalue weighted by Crippen LogP contribution is -2.39. The average Bonchev–Trinajstić information content (AvgIpc) is 2.94. The van der Waals surface area contributed by atoms with Crippen molar-refractivity contribution in [3.8, 4) is 11.1 Å². The van der Waals surface area contributed by atoms with Crippen LogP contribution in [0.2, 0.25) is 5.15 Å². The van der Waals surface area contributed by atoms with Gasteiger partial charge in [0.2, 0.25) is 0 Å². The van der Waals surface area contributed by atoms with Crippen LogP contribution in [0.25, 0.3) is 11.1 Å². The first-order valence-electron chi connectivity index (χ1n) is 6.77. The number of aromatic nitrogens is 2. The van der Waals surface area contributed by atoms with Crippen LogP contribution in [0.3, 0.4) is 0 Å². The molecule has 1 aromatic heterocycles. The fraction of sp³-hybridized carbons (Fsp3) is 0.333. The predicted octanol–water partition coefficient (Wildman–Crippen LogP) is 2.13. The van der Waals surface area contributed by atoms with Crippen LogP contribution in [0.5, 0.6) is 0 Å². The maximum absolute atomic E-state index is 12.7. The number of rotatable bonds is 2. The Morgan fingerprint density at radius 3 is 2.62 bits per heavy atom. The number of aromatic amines is 1. The summed E-state index contributed by atoms with van der Waals surface area (Å²) >= 11 is 6.09. The van der Waals surface area contributed by atoms with Crippen LogP contribution < -0.4 is 11.2 Å². The highest BCUT2D eigenvalue weighted by atomic mass is 35.5. The lowest BCUT2D eigenvalue weighted by molar-refractivity contribution is 0.185. The highest BCUT2D eigenvalue weighted by Gasteiger charge is 2.24. The minimum absolute atomic E-state index is 0.0732. The van der Waals surface area contributed by atoms with Gasteiger partial charge in [-0.2, -0.15) is 0 Å². The Labute approximate surface area is 126 Å². The molecule has 110 valence electrons. The molecule has 6 heteroatoms. The van der Waals surface area contributed by atoms with Crippen molar-refractivity contribution in [1.29, 1.82) is 0 Å². The fourth-order valence-corrected chi connectivity index (χ4v) is 2.82. The van der Waals surface area contributed by atoms with E-state index >= 15 is 0 Å². The highest BCUT2D eigenvalue weighted by molar-refractivity contribution is 6.32. The van der Waals surface area contributed by atoms with Gasteiger partial charge in [0.1, 0.15) is 5.15 Å². The van der Waals surface area contributed by atoms with E-state index in [1.165, 1.54) is 4.57 Å². The SMILES string of the molecule is Cc1ccc(-c2c(Cl)[nH]c(=O)n(C3CCOC3)c2=O)cc1. The van der Waals surface area contributed by atoms with E-state index in [1.54, 1.807) is 0 Å². The van der Waals surface area contributed by atoms with E-state index in [2.05, 4.69) is 4.98 Å². The molecule has 3 rings (SSSR count). The Hall–Kier alpha value is -1.85. The molecule has 0 aliphatic carbocycles. The molecular weight excluding hydrogens is 292 g/mol. The summed E-state index contributed by atoms with van der Waals surface area (Å²) in [4.78, 5) is 27.3. The molecule has 1 aliphatic rings. The van der Waals surface area contributed by atoms with Crippen LogP contribution in [0.4, 0.5) is 0 Å². The summed E-state index contributed by atoms with van der Waals surface area (Å²) in [5.41, 5.74) is 1.24. The molecule has 1 atom stereocenters. The smallest absolute Gasteiger partial charge is 0.329 e. The number of benzene rings is 1. The number of hydrogen-bond donors (Lipinski definition) is 1. The lowest BCUT2D eigenvalue weighted by Gasteiger charge is -2.13. The van der Waals surface area contributed by atoms with Crippen molar-refractivity contribution in [2.24, 2.45) is 0 Å². The Morgan fingerprint density at radius 1 is 1.29 bits per heavy atom. The second-order valence-corrected chi connectivity index (χ2v) is 5.56. The van der Waals surface area contributed by atoms with E-state index < -0.39 is 5.69 Å². The summed E-state index contributed by atoms with van der Waals surface area (Å²) in [6, 6.07) is 7.22. The summed E-state index contributed by atoms with van der Waals surface area (Å²) in [6.45, 7) is 2.89. The van der Waals surface area contributed by atoms with E-state index in [-0.39, 0.29) is 16.8 Å². The van der Waals surface area contributed by atoms with E-state index in [0.717, 1.165) is 5.56 Å². The van der Waals surface area contributed by atoms with Gasteiger partial charge in [0.25, 0.3) is 5.56 Å². The van der Waals surface area contributed by atoms with Crippen LogP contribution in [0, 0.1) is 6.92 Å². The van der Waals surface area contributed by atoms with E-state index in [1.807, 2.05) is 31.2 Å². The summed E-state index contributed by atoms with van der Waals surface area (Å²) in [7, 11) is 0. The number of aryl methyl sites for hydroxylation is 1. The molecule has 0 bridgehead atoms. The van der Waals surface area contributed by atoms with Gasteiger partial charge in [0.15, 0.2) is 0 Å². The van der Waals surface area contributed by atoms with Crippen LogP contribution in [-0.2, 0) is 4.74 Å². The zero-order chi connectivity index (χ0) is 15.0. The third-order valence-corrected chi connectivity index (χ3v) is 3.98. The second kappa shape index (κ2) is 5.50. The quantitative estimate of drug-likeness (QED) is 0.865. The molecule has 0 radical (unpaired) electrons. The second-order valence-electron chi connectivity index (χ2n) is 5.18. The van der Waals surface area contributed by atoms with Gasteiger partial charge in [-0.05, 0) is 18.9 Å². The third kappa shape index (κ3) is 2.54. The van der Waals surface area contributed by atoms with E-state index in [9.17, 15) is 9.59 Å². The van der Waals surface area contributed by atoms with E-state index in [0.29, 0.717) is 30.8 Å². The Morgan fingerprint density at radius 2 is 2.00 bits per heavy atom. The number of nitrogens with zero attached hydrogens (tertiary/aromatic N) is 1. The topological polar surface area (TPSA) is 64.1 Å². The number of halogens is 1. The summed E-state index contributed by atoms with van der Waals surface area (Å²) in [5, 5.41) is 0.0732. The number of nitrogens with one attached hydrogen (secondary N) is 1. The minimum Gasteiger partial charge on any atom is -0.379 e. The lowest BCUT2D eigenvalue weighted by atomic mass is 10.1. The molecule has 2 aromatic rings. The van der Waals surface area contributed by atoms with Gasteiger partial charge in [-0.15, -0.1) is 0 Å². The predicted molar refractivity (Wildman–Crippen MR) is 81.0 cm³/mol.